The largest absolute Gasteiger partial charge is 0.485 e. The maximum atomic E-state index is 12.4. The third-order valence-electron chi connectivity index (χ3n) is 4.97. The van der Waals surface area contributed by atoms with E-state index in [9.17, 15) is 9.59 Å². The van der Waals surface area contributed by atoms with Crippen molar-refractivity contribution in [2.24, 2.45) is 0 Å². The van der Waals surface area contributed by atoms with Gasteiger partial charge in [0.15, 0.2) is 12.4 Å². The van der Waals surface area contributed by atoms with Crippen molar-refractivity contribution in [1.82, 2.24) is 0 Å². The summed E-state index contributed by atoms with van der Waals surface area (Å²) in [5.41, 5.74) is 4.36. The molecule has 4 rings (SSSR count). The van der Waals surface area contributed by atoms with Crippen molar-refractivity contribution in [3.8, 4) is 5.75 Å². The van der Waals surface area contributed by atoms with E-state index in [1.165, 1.54) is 17.2 Å². The molecule has 0 atom stereocenters. The van der Waals surface area contributed by atoms with Crippen molar-refractivity contribution < 1.29 is 13.9 Å². The lowest BCUT2D eigenvalue weighted by Crippen LogP contribution is -2.12. The molecule has 0 saturated heterocycles. The van der Waals surface area contributed by atoms with Gasteiger partial charge in [0.2, 0.25) is 0 Å². The Morgan fingerprint density at radius 3 is 2.77 bits per heavy atom. The zero-order chi connectivity index (χ0) is 18.1. The Labute approximate surface area is 151 Å². The van der Waals surface area contributed by atoms with Gasteiger partial charge in [0.05, 0.1) is 0 Å². The lowest BCUT2D eigenvalue weighted by molar-refractivity contribution is 0.0921. The summed E-state index contributed by atoms with van der Waals surface area (Å²) in [5.74, 6) is 0.465. The van der Waals surface area contributed by atoms with Crippen LogP contribution in [0.15, 0.2) is 51.7 Å². The van der Waals surface area contributed by atoms with E-state index in [1.807, 2.05) is 31.2 Å². The molecule has 4 heteroatoms. The van der Waals surface area contributed by atoms with Gasteiger partial charge < -0.3 is 9.15 Å². The normalized spacial score (nSPS) is 13.0. The lowest BCUT2D eigenvalue weighted by atomic mass is 10.0. The predicted molar refractivity (Wildman–Crippen MR) is 100 cm³/mol. The summed E-state index contributed by atoms with van der Waals surface area (Å²) in [5, 5.41) is 0.893. The molecule has 0 amide bonds. The van der Waals surface area contributed by atoms with Crippen molar-refractivity contribution in [3.63, 3.8) is 0 Å². The molecule has 132 valence electrons. The molecule has 0 unspecified atom stereocenters. The SMILES string of the molecule is CCc1cc(=O)oc2cc(OCC(=O)c3ccc4c(c3)CCC4)ccc12. The summed E-state index contributed by atoms with van der Waals surface area (Å²) in [4.78, 5) is 24.1. The molecule has 1 heterocycles. The van der Waals surface area contributed by atoms with Crippen molar-refractivity contribution in [3.05, 3.63) is 75.1 Å². The minimum Gasteiger partial charge on any atom is -0.485 e. The first-order valence-electron chi connectivity index (χ1n) is 8.98. The number of Topliss-reactive ketones (excluding diaryl/α,β-unsaturated/α-hetero) is 1. The Hall–Kier alpha value is -2.88. The standard InChI is InChI=1S/C22H20O4/c1-2-14-11-22(24)26-21-12-18(8-9-19(14)21)25-13-20(23)17-7-6-15-4-3-5-16(15)10-17/h6-12H,2-5,13H2,1H3. The van der Waals surface area contributed by atoms with Gasteiger partial charge in [0.1, 0.15) is 11.3 Å². The zero-order valence-corrected chi connectivity index (χ0v) is 14.7. The number of benzene rings is 2. The fourth-order valence-electron chi connectivity index (χ4n) is 3.57. The third kappa shape index (κ3) is 3.15. The van der Waals surface area contributed by atoms with Crippen LogP contribution in [0.3, 0.4) is 0 Å². The number of hydrogen-bond acceptors (Lipinski definition) is 4. The summed E-state index contributed by atoms with van der Waals surface area (Å²) in [6.07, 6.45) is 4.05. The first-order chi connectivity index (χ1) is 12.6. The second-order valence-corrected chi connectivity index (χ2v) is 6.65. The van der Waals surface area contributed by atoms with Crippen LogP contribution in [-0.4, -0.2) is 12.4 Å². The van der Waals surface area contributed by atoms with Crippen LogP contribution in [-0.2, 0) is 19.3 Å². The second kappa shape index (κ2) is 6.79. The molecule has 1 aliphatic carbocycles. The topological polar surface area (TPSA) is 56.5 Å². The minimum atomic E-state index is -0.374. The van der Waals surface area contributed by atoms with Gasteiger partial charge in [0, 0.05) is 23.1 Å². The molecular formula is C22H20O4. The van der Waals surface area contributed by atoms with Gasteiger partial charge >= 0.3 is 5.63 Å². The summed E-state index contributed by atoms with van der Waals surface area (Å²) < 4.78 is 10.9. The smallest absolute Gasteiger partial charge is 0.336 e. The van der Waals surface area contributed by atoms with Crippen LogP contribution in [0.4, 0.5) is 0 Å². The van der Waals surface area contributed by atoms with Crippen LogP contribution in [0.25, 0.3) is 11.0 Å². The van der Waals surface area contributed by atoms with Gasteiger partial charge in [-0.15, -0.1) is 0 Å². The average molecular weight is 348 g/mol. The summed E-state index contributed by atoms with van der Waals surface area (Å²) >= 11 is 0. The molecule has 1 aliphatic rings. The van der Waals surface area contributed by atoms with Crippen molar-refractivity contribution >= 4 is 16.8 Å². The monoisotopic (exact) mass is 348 g/mol. The van der Waals surface area contributed by atoms with Gasteiger partial charge in [-0.05, 0) is 60.6 Å². The highest BCUT2D eigenvalue weighted by Crippen LogP contribution is 2.25. The minimum absolute atomic E-state index is 0.0397. The van der Waals surface area contributed by atoms with Crippen LogP contribution < -0.4 is 10.4 Å². The maximum absolute atomic E-state index is 12.4. The maximum Gasteiger partial charge on any atom is 0.336 e. The summed E-state index contributed by atoms with van der Waals surface area (Å²) in [6.45, 7) is 1.95. The molecular weight excluding hydrogens is 328 g/mol. The van der Waals surface area contributed by atoms with E-state index < -0.39 is 0 Å². The predicted octanol–water partition coefficient (Wildman–Crippen LogP) is 4.11. The molecule has 0 saturated carbocycles. The molecule has 0 spiro atoms. The number of carbonyl (C=O) groups excluding carboxylic acids is 1. The molecule has 1 aromatic heterocycles. The highest BCUT2D eigenvalue weighted by atomic mass is 16.5. The molecule has 26 heavy (non-hydrogen) atoms. The van der Waals surface area contributed by atoms with Gasteiger partial charge in [0.25, 0.3) is 0 Å². The second-order valence-electron chi connectivity index (χ2n) is 6.65. The van der Waals surface area contributed by atoms with Crippen LogP contribution in [0.2, 0.25) is 0 Å². The number of hydrogen-bond donors (Lipinski definition) is 0. The first-order valence-corrected chi connectivity index (χ1v) is 8.98. The Bertz CT molecular complexity index is 1050. The highest BCUT2D eigenvalue weighted by molar-refractivity contribution is 5.97. The van der Waals surface area contributed by atoms with Crippen molar-refractivity contribution in [1.29, 1.82) is 0 Å². The van der Waals surface area contributed by atoms with E-state index in [4.69, 9.17) is 9.15 Å². The fraction of sp³-hybridized carbons (Fsp3) is 0.273. The molecule has 2 aromatic carbocycles. The number of rotatable bonds is 5. The van der Waals surface area contributed by atoms with Gasteiger partial charge in [-0.25, -0.2) is 4.79 Å². The molecule has 0 aliphatic heterocycles. The van der Waals surface area contributed by atoms with Crippen LogP contribution in [0.5, 0.6) is 5.75 Å². The van der Waals surface area contributed by atoms with Crippen LogP contribution in [0.1, 0.15) is 40.4 Å². The molecule has 0 N–H and O–H groups in total. The summed E-state index contributed by atoms with van der Waals surface area (Å²) in [7, 11) is 0. The number of ether oxygens (including phenoxy) is 1. The lowest BCUT2D eigenvalue weighted by Gasteiger charge is -2.09. The number of fused-ring (bicyclic) bond motifs is 2. The van der Waals surface area contributed by atoms with Crippen LogP contribution in [0, 0.1) is 0 Å². The Kier molecular flexibility index (Phi) is 4.33. The van der Waals surface area contributed by atoms with Crippen molar-refractivity contribution in [2.75, 3.05) is 6.61 Å². The first kappa shape index (κ1) is 16.6. The van der Waals surface area contributed by atoms with E-state index >= 15 is 0 Å². The average Bonchev–Trinajstić information content (AvgIpc) is 3.12. The molecule has 0 fully saturated rings. The molecule has 3 aromatic rings. The number of carbonyl (C=O) groups is 1. The van der Waals surface area contributed by atoms with E-state index in [0.29, 0.717) is 16.9 Å². The highest BCUT2D eigenvalue weighted by Gasteiger charge is 2.14. The van der Waals surface area contributed by atoms with Crippen molar-refractivity contribution in [2.45, 2.75) is 32.6 Å². The Morgan fingerprint density at radius 1 is 1.08 bits per heavy atom. The van der Waals surface area contributed by atoms with E-state index in [2.05, 4.69) is 0 Å². The molecule has 0 bridgehead atoms. The van der Waals surface area contributed by atoms with Gasteiger partial charge in [-0.2, -0.15) is 0 Å². The van der Waals surface area contributed by atoms with Gasteiger partial charge in [-0.3, -0.25) is 4.79 Å². The van der Waals surface area contributed by atoms with E-state index in [1.54, 1.807) is 12.1 Å². The number of ketones is 1. The molecule has 0 radical (unpaired) electrons. The Balaban J connectivity index is 1.52. The quantitative estimate of drug-likeness (QED) is 0.514. The van der Waals surface area contributed by atoms with Gasteiger partial charge in [-0.1, -0.05) is 19.1 Å². The third-order valence-corrected chi connectivity index (χ3v) is 4.97. The van der Waals surface area contributed by atoms with E-state index in [0.717, 1.165) is 36.6 Å². The van der Waals surface area contributed by atoms with E-state index in [-0.39, 0.29) is 18.0 Å². The fourth-order valence-corrected chi connectivity index (χ4v) is 3.57. The zero-order valence-electron chi connectivity index (χ0n) is 14.7. The number of aryl methyl sites for hydroxylation is 3. The Morgan fingerprint density at radius 2 is 1.92 bits per heavy atom. The summed E-state index contributed by atoms with van der Waals surface area (Å²) in [6, 6.07) is 12.8. The van der Waals surface area contributed by atoms with Crippen LogP contribution >= 0.6 is 0 Å². The molecule has 4 nitrogen and oxygen atoms in total.